The minimum atomic E-state index is -3.46. The summed E-state index contributed by atoms with van der Waals surface area (Å²) in [6.45, 7) is 0.587. The van der Waals surface area contributed by atoms with E-state index in [0.29, 0.717) is 0 Å². The van der Waals surface area contributed by atoms with E-state index in [0.717, 1.165) is 45.4 Å². The molecular weight excluding hydrogens is 542 g/mol. The Balaban J connectivity index is 2.09. The zero-order chi connectivity index (χ0) is 23.8. The van der Waals surface area contributed by atoms with Gasteiger partial charge in [-0.2, -0.15) is 0 Å². The van der Waals surface area contributed by atoms with Crippen molar-refractivity contribution < 1.29 is 37.4 Å². The van der Waals surface area contributed by atoms with E-state index in [-0.39, 0.29) is 45.1 Å². The Morgan fingerprint density at radius 3 is 1.31 bits per heavy atom. The van der Waals surface area contributed by atoms with Gasteiger partial charge in [-0.25, -0.2) is 9.13 Å². The van der Waals surface area contributed by atoms with Gasteiger partial charge in [-0.1, -0.05) is 22.7 Å². The average Bonchev–Trinajstić information content (AvgIpc) is 3.37. The van der Waals surface area contributed by atoms with Gasteiger partial charge >= 0.3 is 13.6 Å². The Morgan fingerprint density at radius 2 is 1.03 bits per heavy atom. The zero-order valence-corrected chi connectivity index (χ0v) is 22.7. The van der Waals surface area contributed by atoms with E-state index in [9.17, 15) is 19.3 Å². The standard InChI is InChI=1S/C14H24N4O8P2S4/c1-5-23-27(21,24-6-2)31-13-17-15-11(29-13)9(19)10(20)12-16-18-14(30-12)32-28(22,25-7-3)26-8-4/h9-10,19-20H,5-8H2,1-4H3. The average molecular weight is 567 g/mol. The third kappa shape index (κ3) is 8.07. The lowest BCUT2D eigenvalue weighted by Crippen LogP contribution is -2.10. The molecule has 182 valence electrons. The van der Waals surface area contributed by atoms with Crippen molar-refractivity contribution >= 4 is 59.0 Å². The Hall–Kier alpha value is 0.0400. The van der Waals surface area contributed by atoms with E-state index in [1.165, 1.54) is 0 Å². The van der Waals surface area contributed by atoms with Gasteiger partial charge in [0.15, 0.2) is 8.68 Å². The first-order chi connectivity index (χ1) is 15.2. The van der Waals surface area contributed by atoms with Crippen LogP contribution in [0.5, 0.6) is 0 Å². The molecular formula is C14H24N4O8P2S4. The number of rotatable bonds is 15. The number of aliphatic hydroxyl groups is 2. The van der Waals surface area contributed by atoms with E-state index in [4.69, 9.17) is 18.1 Å². The number of aliphatic hydroxyl groups excluding tert-OH is 2. The molecule has 0 saturated heterocycles. The minimum Gasteiger partial charge on any atom is -0.383 e. The summed E-state index contributed by atoms with van der Waals surface area (Å²) in [5, 5.41) is 36.7. The summed E-state index contributed by atoms with van der Waals surface area (Å²) in [7, 11) is 0. The van der Waals surface area contributed by atoms with Crippen LogP contribution in [0.2, 0.25) is 0 Å². The second kappa shape index (κ2) is 13.2. The molecule has 0 aliphatic rings. The molecule has 12 nitrogen and oxygen atoms in total. The summed E-state index contributed by atoms with van der Waals surface area (Å²) >= 11 is 3.44. The highest BCUT2D eigenvalue weighted by Crippen LogP contribution is 2.65. The SMILES string of the molecule is CCOP(=O)(OCC)Sc1nnc(C(O)C(O)c2nnc(SP(=O)(OCC)OCC)s2)s1. The quantitative estimate of drug-likeness (QED) is 0.285. The third-order valence-electron chi connectivity index (χ3n) is 3.18. The van der Waals surface area contributed by atoms with Crippen LogP contribution in [0.15, 0.2) is 8.68 Å². The molecule has 2 heterocycles. The Kier molecular flexibility index (Phi) is 11.7. The highest BCUT2D eigenvalue weighted by atomic mass is 32.7. The maximum absolute atomic E-state index is 12.6. The highest BCUT2D eigenvalue weighted by Gasteiger charge is 2.33. The van der Waals surface area contributed by atoms with Crippen molar-refractivity contribution in [2.75, 3.05) is 26.4 Å². The van der Waals surface area contributed by atoms with Crippen molar-refractivity contribution in [3.05, 3.63) is 10.0 Å². The first-order valence-corrected chi connectivity index (χ1v) is 17.0. The maximum Gasteiger partial charge on any atom is 0.396 e. The molecule has 0 bridgehead atoms. The lowest BCUT2D eigenvalue weighted by atomic mass is 10.2. The van der Waals surface area contributed by atoms with E-state index >= 15 is 0 Å². The van der Waals surface area contributed by atoms with E-state index in [1.807, 2.05) is 0 Å². The molecule has 0 aliphatic heterocycles. The van der Waals surface area contributed by atoms with Gasteiger partial charge in [0, 0.05) is 22.8 Å². The van der Waals surface area contributed by atoms with Gasteiger partial charge in [0.2, 0.25) is 0 Å². The summed E-state index contributed by atoms with van der Waals surface area (Å²) < 4.78 is 46.5. The lowest BCUT2D eigenvalue weighted by molar-refractivity contribution is 0.0162. The van der Waals surface area contributed by atoms with E-state index in [2.05, 4.69) is 20.4 Å². The molecule has 2 rings (SSSR count). The van der Waals surface area contributed by atoms with Crippen molar-refractivity contribution in [2.24, 2.45) is 0 Å². The van der Waals surface area contributed by atoms with E-state index in [1.54, 1.807) is 27.7 Å². The van der Waals surface area contributed by atoms with Crippen LogP contribution in [0.4, 0.5) is 0 Å². The van der Waals surface area contributed by atoms with E-state index < -0.39 is 25.8 Å². The van der Waals surface area contributed by atoms with Crippen LogP contribution >= 0.6 is 59.0 Å². The van der Waals surface area contributed by atoms with Crippen molar-refractivity contribution in [1.29, 1.82) is 0 Å². The summed E-state index contributed by atoms with van der Waals surface area (Å²) in [5.74, 6) is 0. The van der Waals surface area contributed by atoms with Gasteiger partial charge in [0.05, 0.1) is 26.4 Å². The van der Waals surface area contributed by atoms with Gasteiger partial charge in [-0.3, -0.25) is 0 Å². The van der Waals surface area contributed by atoms with Crippen LogP contribution in [-0.4, -0.2) is 57.0 Å². The fourth-order valence-electron chi connectivity index (χ4n) is 2.03. The van der Waals surface area contributed by atoms with Crippen LogP contribution in [0, 0.1) is 0 Å². The molecule has 0 aliphatic carbocycles. The smallest absolute Gasteiger partial charge is 0.383 e. The Labute approximate surface area is 201 Å². The monoisotopic (exact) mass is 566 g/mol. The van der Waals surface area contributed by atoms with Gasteiger partial charge in [-0.05, 0) is 27.7 Å². The predicted molar refractivity (Wildman–Crippen MR) is 123 cm³/mol. The molecule has 2 aromatic rings. The van der Waals surface area contributed by atoms with Gasteiger partial charge in [0.25, 0.3) is 0 Å². The van der Waals surface area contributed by atoms with Crippen LogP contribution in [0.25, 0.3) is 0 Å². The number of aromatic nitrogens is 4. The summed E-state index contributed by atoms with van der Waals surface area (Å²) in [5.41, 5.74) is 0. The van der Waals surface area contributed by atoms with Crippen molar-refractivity contribution in [2.45, 2.75) is 48.6 Å². The first-order valence-electron chi connectivity index (χ1n) is 9.39. The molecule has 0 aromatic carbocycles. The largest absolute Gasteiger partial charge is 0.396 e. The van der Waals surface area contributed by atoms with Crippen LogP contribution < -0.4 is 0 Å². The molecule has 0 radical (unpaired) electrons. The molecule has 2 atom stereocenters. The predicted octanol–water partition coefficient (Wildman–Crippen LogP) is 4.70. The van der Waals surface area contributed by atoms with Crippen LogP contribution in [-0.2, 0) is 27.2 Å². The zero-order valence-electron chi connectivity index (χ0n) is 17.6. The van der Waals surface area contributed by atoms with Crippen LogP contribution in [0.3, 0.4) is 0 Å². The second-order valence-electron chi connectivity index (χ2n) is 5.45. The first kappa shape index (κ1) is 28.3. The number of nitrogens with zero attached hydrogens (tertiary/aromatic N) is 4. The Morgan fingerprint density at radius 1 is 0.719 bits per heavy atom. The van der Waals surface area contributed by atoms with Crippen LogP contribution in [0.1, 0.15) is 49.9 Å². The second-order valence-corrected chi connectivity index (χ2v) is 15.7. The molecule has 32 heavy (non-hydrogen) atoms. The lowest BCUT2D eigenvalue weighted by Gasteiger charge is -2.14. The third-order valence-corrected chi connectivity index (χ3v) is 13.4. The van der Waals surface area contributed by atoms with Gasteiger partial charge < -0.3 is 28.3 Å². The summed E-state index contributed by atoms with van der Waals surface area (Å²) in [6, 6.07) is 0. The molecule has 2 unspecified atom stereocenters. The van der Waals surface area contributed by atoms with Crippen molar-refractivity contribution in [3.8, 4) is 0 Å². The molecule has 0 amide bonds. The maximum atomic E-state index is 12.6. The summed E-state index contributed by atoms with van der Waals surface area (Å²) in [4.78, 5) is 0. The highest BCUT2D eigenvalue weighted by molar-refractivity contribution is 8.56. The number of hydrogen-bond donors (Lipinski definition) is 2. The number of hydrogen-bond acceptors (Lipinski definition) is 16. The fraction of sp³-hybridized carbons (Fsp3) is 0.714. The van der Waals surface area contributed by atoms with Crippen molar-refractivity contribution in [3.63, 3.8) is 0 Å². The molecule has 0 saturated carbocycles. The fourth-order valence-corrected chi connectivity index (χ4v) is 11.8. The molecule has 0 fully saturated rings. The molecule has 2 aromatic heterocycles. The van der Waals surface area contributed by atoms with Gasteiger partial charge in [0.1, 0.15) is 22.2 Å². The summed E-state index contributed by atoms with van der Waals surface area (Å²) in [6.07, 6.45) is -2.92. The molecule has 2 N–H and O–H groups in total. The topological polar surface area (TPSA) is 163 Å². The normalized spacial score (nSPS) is 14.6. The molecule has 18 heteroatoms. The molecule has 0 spiro atoms. The van der Waals surface area contributed by atoms with Gasteiger partial charge in [-0.15, -0.1) is 20.4 Å². The Bertz CT molecular complexity index is 853. The van der Waals surface area contributed by atoms with Crippen molar-refractivity contribution in [1.82, 2.24) is 20.4 Å². The minimum absolute atomic E-state index is 0.0817.